The summed E-state index contributed by atoms with van der Waals surface area (Å²) in [6.45, 7) is 4.23. The van der Waals surface area contributed by atoms with Crippen molar-refractivity contribution in [3.63, 3.8) is 0 Å². The average Bonchev–Trinajstić information content (AvgIpc) is 3.14. The van der Waals surface area contributed by atoms with Gasteiger partial charge < -0.3 is 5.32 Å². The van der Waals surface area contributed by atoms with Crippen molar-refractivity contribution in [1.29, 1.82) is 0 Å². The first kappa shape index (κ1) is 16.5. The molecule has 0 radical (unpaired) electrons. The molecule has 4 heteroatoms. The molecule has 0 bridgehead atoms. The molecule has 0 aliphatic heterocycles. The van der Waals surface area contributed by atoms with Crippen LogP contribution in [-0.2, 0) is 0 Å². The van der Waals surface area contributed by atoms with Gasteiger partial charge in [0.15, 0.2) is 11.5 Å². The summed E-state index contributed by atoms with van der Waals surface area (Å²) in [6.07, 6.45) is 1.88. The van der Waals surface area contributed by atoms with E-state index in [-0.39, 0.29) is 0 Å². The number of anilines is 2. The SMILES string of the molecule is Cc1ccc(Nc2ccc3ncc(-c4ccc5ccccc5c4)n3n2)cc1C. The standard InChI is InChI=1S/C24H20N4/c1-16-7-10-21(13-17(16)2)26-23-11-12-24-25-15-22(28(24)27-23)20-9-8-18-5-3-4-6-19(18)14-20/h3-15H,1-2H3,(H,26,27). The summed E-state index contributed by atoms with van der Waals surface area (Å²) in [4.78, 5) is 4.52. The van der Waals surface area contributed by atoms with Crippen molar-refractivity contribution in [2.75, 3.05) is 5.32 Å². The summed E-state index contributed by atoms with van der Waals surface area (Å²) in [6, 6.07) is 25.1. The minimum absolute atomic E-state index is 0.788. The Labute approximate surface area is 163 Å². The van der Waals surface area contributed by atoms with Crippen molar-refractivity contribution < 1.29 is 0 Å². The smallest absolute Gasteiger partial charge is 0.154 e. The lowest BCUT2D eigenvalue weighted by atomic mass is 10.1. The van der Waals surface area contributed by atoms with E-state index in [4.69, 9.17) is 5.10 Å². The maximum Gasteiger partial charge on any atom is 0.154 e. The normalized spacial score (nSPS) is 11.2. The number of fused-ring (bicyclic) bond motifs is 2. The molecule has 0 spiro atoms. The van der Waals surface area contributed by atoms with Gasteiger partial charge in [-0.25, -0.2) is 9.50 Å². The van der Waals surface area contributed by atoms with Crippen LogP contribution in [0.4, 0.5) is 11.5 Å². The van der Waals surface area contributed by atoms with E-state index < -0.39 is 0 Å². The zero-order valence-corrected chi connectivity index (χ0v) is 15.8. The molecule has 0 atom stereocenters. The first-order valence-corrected chi connectivity index (χ1v) is 9.36. The van der Waals surface area contributed by atoms with Gasteiger partial charge in [-0.2, -0.15) is 0 Å². The fourth-order valence-corrected chi connectivity index (χ4v) is 3.45. The van der Waals surface area contributed by atoms with Crippen LogP contribution in [0.3, 0.4) is 0 Å². The molecule has 136 valence electrons. The Morgan fingerprint density at radius 2 is 1.64 bits per heavy atom. The minimum Gasteiger partial charge on any atom is -0.339 e. The number of rotatable bonds is 3. The van der Waals surface area contributed by atoms with Crippen molar-refractivity contribution in [1.82, 2.24) is 14.6 Å². The van der Waals surface area contributed by atoms with Crippen LogP contribution in [-0.4, -0.2) is 14.6 Å². The van der Waals surface area contributed by atoms with E-state index in [1.165, 1.54) is 21.9 Å². The molecular weight excluding hydrogens is 344 g/mol. The number of hydrogen-bond acceptors (Lipinski definition) is 3. The summed E-state index contributed by atoms with van der Waals surface area (Å²) < 4.78 is 1.90. The fourth-order valence-electron chi connectivity index (χ4n) is 3.45. The van der Waals surface area contributed by atoms with Crippen LogP contribution in [0, 0.1) is 13.8 Å². The van der Waals surface area contributed by atoms with E-state index in [2.05, 4.69) is 84.8 Å². The molecule has 4 nitrogen and oxygen atoms in total. The predicted molar refractivity (Wildman–Crippen MR) is 115 cm³/mol. The first-order chi connectivity index (χ1) is 13.7. The molecule has 28 heavy (non-hydrogen) atoms. The van der Waals surface area contributed by atoms with Crippen molar-refractivity contribution in [3.05, 3.63) is 90.1 Å². The second kappa shape index (κ2) is 6.50. The van der Waals surface area contributed by atoms with E-state index in [0.717, 1.165) is 28.4 Å². The summed E-state index contributed by atoms with van der Waals surface area (Å²) >= 11 is 0. The van der Waals surface area contributed by atoms with E-state index in [1.54, 1.807) is 0 Å². The van der Waals surface area contributed by atoms with Gasteiger partial charge in [0.2, 0.25) is 0 Å². The topological polar surface area (TPSA) is 42.2 Å². The Bertz CT molecular complexity index is 1320. The number of nitrogens with one attached hydrogen (secondary N) is 1. The fraction of sp³-hybridized carbons (Fsp3) is 0.0833. The van der Waals surface area contributed by atoms with Gasteiger partial charge in [-0.15, -0.1) is 5.10 Å². The molecule has 0 aliphatic rings. The van der Waals surface area contributed by atoms with Gasteiger partial charge in [-0.05, 0) is 66.1 Å². The lowest BCUT2D eigenvalue weighted by Crippen LogP contribution is -2.00. The van der Waals surface area contributed by atoms with Gasteiger partial charge in [0, 0.05) is 11.3 Å². The van der Waals surface area contributed by atoms with Crippen molar-refractivity contribution in [2.45, 2.75) is 13.8 Å². The molecule has 2 heterocycles. The molecule has 0 saturated heterocycles. The number of aryl methyl sites for hydroxylation is 2. The highest BCUT2D eigenvalue weighted by molar-refractivity contribution is 5.87. The van der Waals surface area contributed by atoms with E-state index >= 15 is 0 Å². The molecule has 0 unspecified atom stereocenters. The van der Waals surface area contributed by atoms with E-state index in [1.807, 2.05) is 22.8 Å². The third-order valence-electron chi connectivity index (χ3n) is 5.19. The third kappa shape index (κ3) is 2.89. The molecule has 3 aromatic carbocycles. The molecule has 5 rings (SSSR count). The van der Waals surface area contributed by atoms with E-state index in [9.17, 15) is 0 Å². The molecule has 1 N–H and O–H groups in total. The monoisotopic (exact) mass is 364 g/mol. The molecule has 0 saturated carbocycles. The van der Waals surface area contributed by atoms with Gasteiger partial charge >= 0.3 is 0 Å². The van der Waals surface area contributed by atoms with Gasteiger partial charge in [-0.1, -0.05) is 42.5 Å². The highest BCUT2D eigenvalue weighted by Crippen LogP contribution is 2.26. The molecular formula is C24H20N4. The van der Waals surface area contributed by atoms with Crippen LogP contribution in [0.1, 0.15) is 11.1 Å². The molecule has 0 amide bonds. The lowest BCUT2D eigenvalue weighted by molar-refractivity contribution is 0.949. The third-order valence-corrected chi connectivity index (χ3v) is 5.19. The number of imidazole rings is 1. The minimum atomic E-state index is 0.788. The Kier molecular flexibility index (Phi) is 3.83. The molecule has 0 fully saturated rings. The quantitative estimate of drug-likeness (QED) is 0.433. The Hall–Kier alpha value is -3.66. The van der Waals surface area contributed by atoms with Gasteiger partial charge in [0.25, 0.3) is 0 Å². The highest BCUT2D eigenvalue weighted by Gasteiger charge is 2.09. The van der Waals surface area contributed by atoms with Crippen LogP contribution >= 0.6 is 0 Å². The second-order valence-corrected chi connectivity index (χ2v) is 7.12. The van der Waals surface area contributed by atoms with Crippen LogP contribution in [0.25, 0.3) is 27.7 Å². The summed E-state index contributed by atoms with van der Waals surface area (Å²) in [5.74, 6) is 0.788. The average molecular weight is 364 g/mol. The largest absolute Gasteiger partial charge is 0.339 e. The maximum atomic E-state index is 4.78. The Balaban J connectivity index is 1.56. The van der Waals surface area contributed by atoms with Crippen LogP contribution in [0.2, 0.25) is 0 Å². The molecule has 2 aromatic heterocycles. The lowest BCUT2D eigenvalue weighted by Gasteiger charge is -2.09. The number of aromatic nitrogens is 3. The summed E-state index contributed by atoms with van der Waals surface area (Å²) in [7, 11) is 0. The highest BCUT2D eigenvalue weighted by atomic mass is 15.3. The predicted octanol–water partition coefficient (Wildman–Crippen LogP) is 5.91. The Morgan fingerprint density at radius 3 is 2.50 bits per heavy atom. The van der Waals surface area contributed by atoms with Crippen molar-refractivity contribution >= 4 is 27.9 Å². The van der Waals surface area contributed by atoms with Crippen molar-refractivity contribution in [3.8, 4) is 11.3 Å². The second-order valence-electron chi connectivity index (χ2n) is 7.12. The first-order valence-electron chi connectivity index (χ1n) is 9.36. The van der Waals surface area contributed by atoms with E-state index in [0.29, 0.717) is 0 Å². The maximum absolute atomic E-state index is 4.78. The Morgan fingerprint density at radius 1 is 0.786 bits per heavy atom. The van der Waals surface area contributed by atoms with Gasteiger partial charge in [-0.3, -0.25) is 0 Å². The summed E-state index contributed by atoms with van der Waals surface area (Å²) in [5.41, 5.74) is 6.47. The molecule has 0 aliphatic carbocycles. The van der Waals surface area contributed by atoms with Gasteiger partial charge in [0.05, 0.1) is 11.9 Å². The zero-order chi connectivity index (χ0) is 19.1. The number of nitrogens with zero attached hydrogens (tertiary/aromatic N) is 3. The summed E-state index contributed by atoms with van der Waals surface area (Å²) in [5, 5.41) is 10.6. The van der Waals surface area contributed by atoms with Gasteiger partial charge in [0.1, 0.15) is 0 Å². The van der Waals surface area contributed by atoms with Crippen LogP contribution in [0.5, 0.6) is 0 Å². The number of benzene rings is 3. The number of hydrogen-bond donors (Lipinski definition) is 1. The van der Waals surface area contributed by atoms with Crippen molar-refractivity contribution in [2.24, 2.45) is 0 Å². The van der Waals surface area contributed by atoms with Crippen LogP contribution in [0.15, 0.2) is 79.0 Å². The van der Waals surface area contributed by atoms with Crippen LogP contribution < -0.4 is 5.32 Å². The zero-order valence-electron chi connectivity index (χ0n) is 15.8. The molecule has 5 aromatic rings.